The number of carbonyl (C=O) groups excluding carboxylic acids is 3. The minimum Gasteiger partial charge on any atom is -0.367 e. The van der Waals surface area contributed by atoms with E-state index in [0.29, 0.717) is 24.6 Å². The van der Waals surface area contributed by atoms with Crippen LogP contribution in [0.2, 0.25) is 0 Å². The van der Waals surface area contributed by atoms with Crippen molar-refractivity contribution >= 4 is 29.2 Å². The summed E-state index contributed by atoms with van der Waals surface area (Å²) in [4.78, 5) is 43.5. The van der Waals surface area contributed by atoms with Gasteiger partial charge in [0, 0.05) is 36.3 Å². The van der Waals surface area contributed by atoms with E-state index in [2.05, 4.69) is 15.0 Å². The first-order chi connectivity index (χ1) is 16.6. The summed E-state index contributed by atoms with van der Waals surface area (Å²) in [6.45, 7) is 0.354. The van der Waals surface area contributed by atoms with Crippen molar-refractivity contribution in [2.24, 2.45) is 0 Å². The Morgan fingerprint density at radius 2 is 1.85 bits per heavy atom. The van der Waals surface area contributed by atoms with Crippen molar-refractivity contribution < 1.29 is 14.4 Å². The van der Waals surface area contributed by atoms with E-state index in [1.54, 1.807) is 4.90 Å². The fraction of sp³-hybridized carbons (Fsp3) is 0.385. The molecule has 34 heavy (non-hydrogen) atoms. The van der Waals surface area contributed by atoms with Gasteiger partial charge in [-0.15, -0.1) is 0 Å². The summed E-state index contributed by atoms with van der Waals surface area (Å²) in [6.07, 6.45) is 8.71. The van der Waals surface area contributed by atoms with Crippen molar-refractivity contribution in [1.29, 1.82) is 0 Å². The number of imidazole rings is 1. The third-order valence-electron chi connectivity index (χ3n) is 7.27. The van der Waals surface area contributed by atoms with Gasteiger partial charge in [-0.2, -0.15) is 0 Å². The molecule has 8 nitrogen and oxygen atoms in total. The molecule has 2 aliphatic heterocycles. The number of benzene rings is 1. The lowest BCUT2D eigenvalue weighted by molar-refractivity contribution is -0.136. The zero-order chi connectivity index (χ0) is 23.2. The van der Waals surface area contributed by atoms with Crippen LogP contribution in [-0.4, -0.2) is 44.1 Å². The smallest absolute Gasteiger partial charge is 0.255 e. The first-order valence-corrected chi connectivity index (χ1v) is 12.1. The van der Waals surface area contributed by atoms with Crippen LogP contribution in [0, 0.1) is 0 Å². The number of piperidine rings is 1. The van der Waals surface area contributed by atoms with Gasteiger partial charge in [0.05, 0.1) is 0 Å². The molecular weight excluding hydrogens is 430 g/mol. The molecule has 1 saturated carbocycles. The Hall–Kier alpha value is -3.68. The van der Waals surface area contributed by atoms with E-state index in [0.717, 1.165) is 41.1 Å². The lowest BCUT2D eigenvalue weighted by Gasteiger charge is -2.29. The highest BCUT2D eigenvalue weighted by atomic mass is 16.2. The molecule has 6 rings (SSSR count). The molecule has 0 bridgehead atoms. The van der Waals surface area contributed by atoms with Gasteiger partial charge in [0.25, 0.3) is 5.91 Å². The lowest BCUT2D eigenvalue weighted by Crippen LogP contribution is -2.52. The number of nitrogens with zero attached hydrogens (tertiary/aromatic N) is 3. The standard InChI is InChI=1S/C26H27N5O3/c32-22-12-11-20(25(33)29-22)31-15-17-14-16(9-10-19(17)26(31)34)23-24(27-18-6-2-1-3-7-18)30-13-5-4-8-21(30)28-23/h4-5,8-10,13-14,18,20,27H,1-3,6-7,11-12,15H2,(H,29,32,33). The fourth-order valence-corrected chi connectivity index (χ4v) is 5.50. The summed E-state index contributed by atoms with van der Waals surface area (Å²) < 4.78 is 2.10. The maximum absolute atomic E-state index is 13.1. The van der Waals surface area contributed by atoms with Crippen molar-refractivity contribution in [3.8, 4) is 11.3 Å². The van der Waals surface area contributed by atoms with Crippen LogP contribution in [0.1, 0.15) is 60.9 Å². The van der Waals surface area contributed by atoms with Gasteiger partial charge in [-0.3, -0.25) is 24.1 Å². The van der Waals surface area contributed by atoms with Crippen molar-refractivity contribution in [3.63, 3.8) is 0 Å². The van der Waals surface area contributed by atoms with E-state index in [4.69, 9.17) is 4.98 Å². The number of anilines is 1. The molecule has 1 saturated heterocycles. The molecule has 0 spiro atoms. The molecule has 1 atom stereocenters. The molecule has 4 heterocycles. The number of hydrogen-bond donors (Lipinski definition) is 2. The predicted molar refractivity (Wildman–Crippen MR) is 127 cm³/mol. The number of fused-ring (bicyclic) bond motifs is 2. The summed E-state index contributed by atoms with van der Waals surface area (Å²) >= 11 is 0. The van der Waals surface area contributed by atoms with Crippen LogP contribution in [0.25, 0.3) is 16.9 Å². The SMILES string of the molecule is O=C1CCC(N2Cc3cc(-c4nc5ccccn5c4NC4CCCCC4)ccc3C2=O)C(=O)N1. The largest absolute Gasteiger partial charge is 0.367 e. The van der Waals surface area contributed by atoms with Crippen LogP contribution in [0.5, 0.6) is 0 Å². The maximum atomic E-state index is 13.1. The summed E-state index contributed by atoms with van der Waals surface area (Å²) in [7, 11) is 0. The van der Waals surface area contributed by atoms with Crippen molar-refractivity contribution in [2.75, 3.05) is 5.32 Å². The Kier molecular flexibility index (Phi) is 5.08. The van der Waals surface area contributed by atoms with E-state index >= 15 is 0 Å². The molecule has 174 valence electrons. The summed E-state index contributed by atoms with van der Waals surface area (Å²) in [6, 6.07) is 11.6. The number of nitrogens with one attached hydrogen (secondary N) is 2. The monoisotopic (exact) mass is 457 g/mol. The summed E-state index contributed by atoms with van der Waals surface area (Å²) in [5.41, 5.74) is 4.18. The van der Waals surface area contributed by atoms with Crippen LogP contribution in [0.3, 0.4) is 0 Å². The molecular formula is C26H27N5O3. The number of aromatic nitrogens is 2. The highest BCUT2D eigenvalue weighted by molar-refractivity contribution is 6.05. The minimum absolute atomic E-state index is 0.161. The molecule has 1 aliphatic carbocycles. The van der Waals surface area contributed by atoms with Gasteiger partial charge in [0.15, 0.2) is 0 Å². The van der Waals surface area contributed by atoms with Gasteiger partial charge < -0.3 is 10.2 Å². The molecule has 2 fully saturated rings. The van der Waals surface area contributed by atoms with E-state index in [-0.39, 0.29) is 18.2 Å². The van der Waals surface area contributed by atoms with Crippen LogP contribution in [0.15, 0.2) is 42.6 Å². The second-order valence-corrected chi connectivity index (χ2v) is 9.49. The molecule has 3 aliphatic rings. The maximum Gasteiger partial charge on any atom is 0.255 e. The molecule has 8 heteroatoms. The van der Waals surface area contributed by atoms with E-state index < -0.39 is 11.9 Å². The molecule has 3 amide bonds. The van der Waals surface area contributed by atoms with Gasteiger partial charge in [-0.1, -0.05) is 31.4 Å². The summed E-state index contributed by atoms with van der Waals surface area (Å²) in [5, 5.41) is 6.12. The second kappa shape index (κ2) is 8.27. The molecule has 0 radical (unpaired) electrons. The number of amides is 3. The predicted octanol–water partition coefficient (Wildman–Crippen LogP) is 3.51. The quantitative estimate of drug-likeness (QED) is 0.585. The molecule has 3 aromatic rings. The van der Waals surface area contributed by atoms with Crippen LogP contribution < -0.4 is 10.6 Å². The highest BCUT2D eigenvalue weighted by Crippen LogP contribution is 2.35. The Morgan fingerprint density at radius 1 is 1.00 bits per heavy atom. The summed E-state index contributed by atoms with van der Waals surface area (Å²) in [5.74, 6) is 0.148. The van der Waals surface area contributed by atoms with Gasteiger partial charge >= 0.3 is 0 Å². The molecule has 2 aromatic heterocycles. The minimum atomic E-state index is -0.611. The Morgan fingerprint density at radius 3 is 2.68 bits per heavy atom. The van der Waals surface area contributed by atoms with E-state index in [1.807, 2.05) is 42.6 Å². The number of hydrogen-bond acceptors (Lipinski definition) is 5. The fourth-order valence-electron chi connectivity index (χ4n) is 5.50. The van der Waals surface area contributed by atoms with Gasteiger partial charge in [0.2, 0.25) is 11.8 Å². The number of imide groups is 1. The topological polar surface area (TPSA) is 95.8 Å². The van der Waals surface area contributed by atoms with E-state index in [1.165, 1.54) is 19.3 Å². The van der Waals surface area contributed by atoms with Crippen LogP contribution in [-0.2, 0) is 16.1 Å². The number of pyridine rings is 1. The third-order valence-corrected chi connectivity index (χ3v) is 7.27. The lowest BCUT2D eigenvalue weighted by atomic mass is 9.95. The van der Waals surface area contributed by atoms with Crippen molar-refractivity contribution in [1.82, 2.24) is 19.6 Å². The first kappa shape index (κ1) is 20.9. The van der Waals surface area contributed by atoms with Crippen LogP contribution >= 0.6 is 0 Å². The number of rotatable bonds is 4. The highest BCUT2D eigenvalue weighted by Gasteiger charge is 2.39. The second-order valence-electron chi connectivity index (χ2n) is 9.49. The Labute approximate surface area is 197 Å². The average molecular weight is 458 g/mol. The van der Waals surface area contributed by atoms with Gasteiger partial charge in [-0.25, -0.2) is 4.98 Å². The average Bonchev–Trinajstić information content (AvgIpc) is 3.37. The van der Waals surface area contributed by atoms with Crippen LogP contribution in [0.4, 0.5) is 5.82 Å². The molecule has 1 unspecified atom stereocenters. The zero-order valence-corrected chi connectivity index (χ0v) is 18.9. The van der Waals surface area contributed by atoms with E-state index in [9.17, 15) is 14.4 Å². The molecule has 1 aromatic carbocycles. The zero-order valence-electron chi connectivity index (χ0n) is 18.9. The molecule has 2 N–H and O–H groups in total. The Balaban J connectivity index is 1.34. The van der Waals surface area contributed by atoms with Crippen molar-refractivity contribution in [2.45, 2.75) is 63.6 Å². The van der Waals surface area contributed by atoms with Crippen molar-refractivity contribution in [3.05, 3.63) is 53.7 Å². The number of carbonyl (C=O) groups is 3. The van der Waals surface area contributed by atoms with Gasteiger partial charge in [-0.05, 0) is 49.1 Å². The normalized spacial score (nSPS) is 21.1. The Bertz CT molecular complexity index is 1310. The third kappa shape index (κ3) is 3.54. The van der Waals surface area contributed by atoms with Gasteiger partial charge in [0.1, 0.15) is 23.2 Å². The first-order valence-electron chi connectivity index (χ1n) is 12.1.